The van der Waals surface area contributed by atoms with Gasteiger partial charge in [0.25, 0.3) is 52.3 Å². The zero-order chi connectivity index (χ0) is 46.1. The molecule has 1 atom stereocenters. The molecule has 3 aliphatic rings. The number of hydrogen-bond donors (Lipinski definition) is 4. The van der Waals surface area contributed by atoms with Crippen LogP contribution in [0.25, 0.3) is 0 Å². The molecular formula is C39H46N3O16S4+. The summed E-state index contributed by atoms with van der Waals surface area (Å²) in [5.74, 6) is -3.59. The smallest absolute Gasteiger partial charge is 0.333 e. The van der Waals surface area contributed by atoms with Gasteiger partial charge < -0.3 is 9.74 Å². The molecule has 2 aromatic carbocycles. The molecule has 1 unspecified atom stereocenters. The van der Waals surface area contributed by atoms with Crippen molar-refractivity contribution in [3.63, 3.8) is 0 Å². The summed E-state index contributed by atoms with van der Waals surface area (Å²) in [6.45, 7) is 5.56. The molecule has 2 amide bonds. The summed E-state index contributed by atoms with van der Waals surface area (Å²) < 4.78 is 135. The summed E-state index contributed by atoms with van der Waals surface area (Å²) in [6, 6.07) is 8.00. The molecule has 0 aromatic heterocycles. The van der Waals surface area contributed by atoms with Crippen LogP contribution >= 0.6 is 0 Å². The van der Waals surface area contributed by atoms with Crippen LogP contribution in [0.5, 0.6) is 0 Å². The quantitative estimate of drug-likeness (QED) is 0.0512. The number of amides is 2. The normalized spacial score (nSPS) is 19.8. The number of hydroxylamine groups is 2. The Bertz CT molecular complexity index is 2770. The van der Waals surface area contributed by atoms with Gasteiger partial charge in [-0.25, -0.2) is 4.79 Å². The second-order valence-corrected chi connectivity index (χ2v) is 21.5. The van der Waals surface area contributed by atoms with Crippen LogP contribution in [0.1, 0.15) is 70.4 Å². The highest BCUT2D eigenvalue weighted by Crippen LogP contribution is 2.51. The zero-order valence-electron chi connectivity index (χ0n) is 33.7. The molecule has 3 aliphatic heterocycles. The first-order chi connectivity index (χ1) is 28.6. The number of unbranched alkanes of at least 4 members (excludes halogenated alkanes) is 1. The van der Waals surface area contributed by atoms with E-state index in [1.807, 2.05) is 13.8 Å². The van der Waals surface area contributed by atoms with Gasteiger partial charge in [0.15, 0.2) is 5.71 Å². The number of imide groups is 1. The minimum atomic E-state index is -4.68. The molecule has 23 heteroatoms. The second kappa shape index (κ2) is 18.1. The largest absolute Gasteiger partial charge is 0.344 e. The number of carbonyl (C=O) groups excluding carboxylic acids is 3. The number of fused-ring (bicyclic) bond motifs is 2. The maximum Gasteiger partial charge on any atom is 0.333 e. The zero-order valence-corrected chi connectivity index (χ0v) is 37.0. The molecule has 3 heterocycles. The fourth-order valence-electron chi connectivity index (χ4n) is 7.79. The van der Waals surface area contributed by atoms with Crippen molar-refractivity contribution < 1.29 is 75.7 Å². The van der Waals surface area contributed by atoms with Crippen molar-refractivity contribution in [3.8, 4) is 0 Å². The summed E-state index contributed by atoms with van der Waals surface area (Å²) >= 11 is 0. The number of benzene rings is 2. The Balaban J connectivity index is 1.50. The number of nitrogens with zero attached hydrogens (tertiary/aromatic N) is 3. The fraction of sp³-hybridized carbons (Fsp3) is 0.385. The van der Waals surface area contributed by atoms with Gasteiger partial charge in [-0.1, -0.05) is 29.7 Å². The number of carbonyl (C=O) groups is 3. The molecular weight excluding hydrogens is 895 g/mol. The van der Waals surface area contributed by atoms with E-state index in [2.05, 4.69) is 0 Å². The minimum Gasteiger partial charge on any atom is -0.344 e. The van der Waals surface area contributed by atoms with Crippen molar-refractivity contribution in [2.24, 2.45) is 0 Å². The van der Waals surface area contributed by atoms with Gasteiger partial charge in [-0.3, -0.25) is 27.8 Å². The highest BCUT2D eigenvalue weighted by atomic mass is 32.2. The van der Waals surface area contributed by atoms with Crippen molar-refractivity contribution in [2.45, 2.75) is 79.9 Å². The minimum absolute atomic E-state index is 0.00991. The van der Waals surface area contributed by atoms with E-state index >= 15 is 0 Å². The Labute approximate surface area is 359 Å². The monoisotopic (exact) mass is 940 g/mol. The Morgan fingerprint density at radius 1 is 0.742 bits per heavy atom. The van der Waals surface area contributed by atoms with Crippen molar-refractivity contribution in [2.75, 3.05) is 29.5 Å². The lowest BCUT2D eigenvalue weighted by molar-refractivity contribution is -0.437. The lowest BCUT2D eigenvalue weighted by Gasteiger charge is -2.30. The Kier molecular flexibility index (Phi) is 14.0. The highest BCUT2D eigenvalue weighted by Gasteiger charge is 2.46. The van der Waals surface area contributed by atoms with Crippen molar-refractivity contribution in [3.05, 3.63) is 95.8 Å². The van der Waals surface area contributed by atoms with E-state index < -0.39 is 85.5 Å². The first-order valence-electron chi connectivity index (χ1n) is 19.0. The third-order valence-corrected chi connectivity index (χ3v) is 14.0. The van der Waals surface area contributed by atoms with Crippen LogP contribution in [0.15, 0.2) is 94.4 Å². The van der Waals surface area contributed by atoms with E-state index in [-0.39, 0.29) is 50.1 Å². The molecule has 62 heavy (non-hydrogen) atoms. The third-order valence-electron chi connectivity index (χ3n) is 10.7. The van der Waals surface area contributed by atoms with Crippen LogP contribution in [0.4, 0.5) is 11.4 Å². The van der Waals surface area contributed by atoms with E-state index in [4.69, 9.17) is 4.84 Å². The summed E-state index contributed by atoms with van der Waals surface area (Å²) in [6.07, 6.45) is 10.8. The summed E-state index contributed by atoms with van der Waals surface area (Å²) in [5, 5.41) is 0.339. The van der Waals surface area contributed by atoms with Crippen molar-refractivity contribution in [1.82, 2.24) is 5.06 Å². The second-order valence-electron chi connectivity index (χ2n) is 15.5. The van der Waals surface area contributed by atoms with Gasteiger partial charge in [0.1, 0.15) is 6.54 Å². The number of hydrogen-bond acceptors (Lipinski definition) is 13. The van der Waals surface area contributed by atoms with E-state index in [1.54, 1.807) is 46.8 Å². The van der Waals surface area contributed by atoms with Gasteiger partial charge in [-0.15, -0.1) is 0 Å². The molecule has 19 nitrogen and oxygen atoms in total. The predicted octanol–water partition coefficient (Wildman–Crippen LogP) is 3.83. The molecule has 0 radical (unpaired) electrons. The molecule has 336 valence electrons. The van der Waals surface area contributed by atoms with Gasteiger partial charge in [0, 0.05) is 66.0 Å². The Morgan fingerprint density at radius 2 is 1.32 bits per heavy atom. The predicted molar refractivity (Wildman–Crippen MR) is 224 cm³/mol. The van der Waals surface area contributed by atoms with Gasteiger partial charge in [-0.05, 0) is 82.0 Å². The summed E-state index contributed by atoms with van der Waals surface area (Å²) in [7, 11) is -17.9. The third kappa shape index (κ3) is 11.2. The summed E-state index contributed by atoms with van der Waals surface area (Å²) in [5.41, 5.74) is 1.25. The van der Waals surface area contributed by atoms with Gasteiger partial charge in [-0.2, -0.15) is 38.2 Å². The molecule has 0 aliphatic carbocycles. The standard InChI is InChI=1S/C39H45N3O16S4/c1-38(2)29-25-27(61(52,53)54)14-16-31(29)40(21-9-23-59(46,47)48)33(38)11-5-4-6-12-34-39(3,20-8-7-13-37(45)58-42-35(43)18-19-36(42)44)30-26-28(62(55,56)57)15-17-32(30)41(34)22-10-24-60(49,50)51/h4-6,11-12,14-19,25-26H,7-10,13,20-24H2,1-3H3,(H3-,46,47,48,49,50,51,52,53,54,55,56,57)/p+1. The molecule has 2 aromatic rings. The average molecular weight is 941 g/mol. The fourth-order valence-corrected chi connectivity index (χ4v) is 9.79. The number of rotatable bonds is 19. The molecule has 0 spiro atoms. The van der Waals surface area contributed by atoms with Crippen LogP contribution in [0.3, 0.4) is 0 Å². The molecule has 5 rings (SSSR count). The lowest BCUT2D eigenvalue weighted by Crippen LogP contribution is -2.32. The highest BCUT2D eigenvalue weighted by molar-refractivity contribution is 7.86. The molecule has 4 N–H and O–H groups in total. The first-order valence-corrected chi connectivity index (χ1v) is 25.1. The lowest BCUT2D eigenvalue weighted by atomic mass is 9.77. The van der Waals surface area contributed by atoms with Crippen molar-refractivity contribution >= 4 is 75.3 Å². The number of allylic oxidation sites excluding steroid dienone is 6. The maximum atomic E-state index is 12.5. The van der Waals surface area contributed by atoms with E-state index in [9.17, 15) is 66.3 Å². The van der Waals surface area contributed by atoms with Crippen LogP contribution < -0.4 is 4.90 Å². The van der Waals surface area contributed by atoms with Gasteiger partial charge >= 0.3 is 5.97 Å². The Morgan fingerprint density at radius 3 is 1.92 bits per heavy atom. The average Bonchev–Trinajstić information content (AvgIpc) is 3.67. The molecule has 0 saturated heterocycles. The Hall–Kier alpha value is -4.88. The van der Waals surface area contributed by atoms with Crippen LogP contribution in [-0.4, -0.2) is 110 Å². The molecule has 0 saturated carbocycles. The SMILES string of the molecule is CC1(C)C(C=CC=CC=C2N(CCCS(=O)(=O)O)c3ccc(S(=O)(=O)O)cc3C2(C)CCCCC(=O)ON2C(=O)C=CC2=O)=[N+](CCCS(=O)(=O)O)c2ccc(S(=O)(=O)O)cc21. The van der Waals surface area contributed by atoms with Gasteiger partial charge in [0.05, 0.1) is 26.7 Å². The summed E-state index contributed by atoms with van der Waals surface area (Å²) in [4.78, 5) is 42.1. The van der Waals surface area contributed by atoms with Crippen LogP contribution in [0.2, 0.25) is 0 Å². The molecule has 0 fully saturated rings. The maximum absolute atomic E-state index is 12.5. The molecule has 0 bridgehead atoms. The van der Waals surface area contributed by atoms with Crippen molar-refractivity contribution in [1.29, 1.82) is 0 Å². The van der Waals surface area contributed by atoms with E-state index in [0.717, 1.165) is 12.2 Å². The topological polar surface area (TPSA) is 287 Å². The number of anilines is 1. The van der Waals surface area contributed by atoms with Gasteiger partial charge in [0.2, 0.25) is 5.69 Å². The van der Waals surface area contributed by atoms with E-state index in [0.29, 0.717) is 45.4 Å². The van der Waals surface area contributed by atoms with Crippen LogP contribution in [0, 0.1) is 0 Å². The van der Waals surface area contributed by atoms with Crippen LogP contribution in [-0.2, 0) is 70.5 Å². The van der Waals surface area contributed by atoms with E-state index in [1.165, 1.54) is 36.4 Å². The first kappa shape index (κ1) is 48.2.